The number of aliphatic imine (C=N–C) groups is 1. The highest BCUT2D eigenvalue weighted by atomic mass is 127. The van der Waals surface area contributed by atoms with Gasteiger partial charge in [-0.05, 0) is 31.7 Å². The van der Waals surface area contributed by atoms with E-state index in [1.54, 1.807) is 7.05 Å². The van der Waals surface area contributed by atoms with Crippen molar-refractivity contribution in [3.63, 3.8) is 0 Å². The molecule has 2 heterocycles. The van der Waals surface area contributed by atoms with Crippen molar-refractivity contribution in [3.05, 3.63) is 17.0 Å². The third-order valence-corrected chi connectivity index (χ3v) is 4.94. The minimum Gasteiger partial charge on any atom is -0.469 e. The van der Waals surface area contributed by atoms with Crippen molar-refractivity contribution < 1.29 is 9.53 Å². The molecule has 0 amide bonds. The minimum atomic E-state index is -0.137. The van der Waals surface area contributed by atoms with Crippen molar-refractivity contribution in [2.24, 2.45) is 23.9 Å². The molecule has 0 bridgehead atoms. The summed E-state index contributed by atoms with van der Waals surface area (Å²) in [7, 11) is 5.19. The van der Waals surface area contributed by atoms with E-state index in [4.69, 9.17) is 4.74 Å². The molecule has 2 atom stereocenters. The number of carbonyl (C=O) groups is 1. The molecule has 8 heteroatoms. The molecule has 1 aromatic rings. The quantitative estimate of drug-likeness (QED) is 0.317. The Bertz CT molecular complexity index is 629. The molecule has 1 saturated heterocycles. The van der Waals surface area contributed by atoms with Gasteiger partial charge in [-0.2, -0.15) is 5.10 Å². The van der Waals surface area contributed by atoms with Crippen LogP contribution >= 0.6 is 24.0 Å². The van der Waals surface area contributed by atoms with E-state index in [1.807, 2.05) is 18.7 Å². The van der Waals surface area contributed by atoms with Gasteiger partial charge in [-0.1, -0.05) is 6.92 Å². The third-order valence-electron chi connectivity index (χ3n) is 4.94. The lowest BCUT2D eigenvalue weighted by atomic mass is 9.99. The highest BCUT2D eigenvalue weighted by molar-refractivity contribution is 14.0. The van der Waals surface area contributed by atoms with Crippen LogP contribution in [0, 0.1) is 25.7 Å². The molecule has 1 N–H and O–H groups in total. The summed E-state index contributed by atoms with van der Waals surface area (Å²) in [5.74, 6) is 0.879. The van der Waals surface area contributed by atoms with Crippen LogP contribution in [-0.4, -0.2) is 60.4 Å². The summed E-state index contributed by atoms with van der Waals surface area (Å²) in [5, 5.41) is 7.86. The first-order chi connectivity index (χ1) is 11.4. The lowest BCUT2D eigenvalue weighted by Gasteiger charge is -2.21. The molecule has 0 aliphatic carbocycles. The van der Waals surface area contributed by atoms with Gasteiger partial charge in [-0.3, -0.25) is 14.5 Å². The van der Waals surface area contributed by atoms with Gasteiger partial charge in [0.1, 0.15) is 0 Å². The summed E-state index contributed by atoms with van der Waals surface area (Å²) < 4.78 is 6.82. The maximum absolute atomic E-state index is 11.8. The number of guanidine groups is 1. The number of carbonyl (C=O) groups excluding carboxylic acids is 1. The normalized spacial score (nSPS) is 20.4. The van der Waals surface area contributed by atoms with Crippen LogP contribution in [0.2, 0.25) is 0 Å². The third kappa shape index (κ3) is 4.86. The number of aromatic nitrogens is 2. The summed E-state index contributed by atoms with van der Waals surface area (Å²) in [5.41, 5.74) is 3.56. The van der Waals surface area contributed by atoms with Gasteiger partial charge in [0.05, 0.1) is 18.7 Å². The number of hydrogen-bond donors (Lipinski definition) is 1. The monoisotopic (exact) mass is 463 g/mol. The Morgan fingerprint density at radius 3 is 2.60 bits per heavy atom. The molecule has 1 aromatic heterocycles. The average Bonchev–Trinajstić information content (AvgIpc) is 3.05. The van der Waals surface area contributed by atoms with E-state index in [9.17, 15) is 4.79 Å². The number of aryl methyl sites for hydroxylation is 2. The summed E-state index contributed by atoms with van der Waals surface area (Å²) in [6.45, 7) is 8.46. The maximum atomic E-state index is 11.8. The standard InChI is InChI=1S/C17H29N5O2.HI/c1-11-9-22(10-15(11)16(23)24-6)17(18-4)19-8-7-14-12(2)20-21(5)13(14)3;/h11,15H,7-10H2,1-6H3,(H,18,19);1H. The van der Waals surface area contributed by atoms with Gasteiger partial charge in [0.2, 0.25) is 0 Å². The lowest BCUT2D eigenvalue weighted by Crippen LogP contribution is -2.41. The number of hydrogen-bond acceptors (Lipinski definition) is 4. The summed E-state index contributed by atoms with van der Waals surface area (Å²) >= 11 is 0. The highest BCUT2D eigenvalue weighted by Crippen LogP contribution is 2.24. The van der Waals surface area contributed by atoms with Crippen LogP contribution in [0.4, 0.5) is 0 Å². The van der Waals surface area contributed by atoms with Crippen LogP contribution in [0.1, 0.15) is 23.9 Å². The number of nitrogens with one attached hydrogen (secondary N) is 1. The fourth-order valence-electron chi connectivity index (χ4n) is 3.41. The number of nitrogens with zero attached hydrogens (tertiary/aromatic N) is 4. The Balaban J connectivity index is 0.00000312. The predicted octanol–water partition coefficient (Wildman–Crippen LogP) is 1.51. The summed E-state index contributed by atoms with van der Waals surface area (Å²) in [6.07, 6.45) is 0.897. The Morgan fingerprint density at radius 2 is 2.08 bits per heavy atom. The number of halogens is 1. The summed E-state index contributed by atoms with van der Waals surface area (Å²) in [4.78, 5) is 18.3. The largest absolute Gasteiger partial charge is 0.469 e. The first-order valence-corrected chi connectivity index (χ1v) is 8.41. The van der Waals surface area contributed by atoms with Crippen molar-refractivity contribution in [3.8, 4) is 0 Å². The van der Waals surface area contributed by atoms with Gasteiger partial charge in [-0.25, -0.2) is 0 Å². The van der Waals surface area contributed by atoms with Crippen molar-refractivity contribution in [1.82, 2.24) is 20.0 Å². The first kappa shape index (κ1) is 21.7. The van der Waals surface area contributed by atoms with Crippen LogP contribution < -0.4 is 5.32 Å². The summed E-state index contributed by atoms with van der Waals surface area (Å²) in [6, 6.07) is 0. The second-order valence-corrected chi connectivity index (χ2v) is 6.51. The van der Waals surface area contributed by atoms with E-state index in [2.05, 4.69) is 34.2 Å². The Hall–Kier alpha value is -1.32. The van der Waals surface area contributed by atoms with Crippen molar-refractivity contribution in [1.29, 1.82) is 0 Å². The van der Waals surface area contributed by atoms with E-state index in [1.165, 1.54) is 18.4 Å². The number of rotatable bonds is 4. The van der Waals surface area contributed by atoms with Gasteiger partial charge in [0, 0.05) is 39.4 Å². The number of likely N-dealkylation sites (tertiary alicyclic amines) is 1. The van der Waals surface area contributed by atoms with Crippen LogP contribution in [0.5, 0.6) is 0 Å². The molecular weight excluding hydrogens is 433 g/mol. The first-order valence-electron chi connectivity index (χ1n) is 8.41. The Morgan fingerprint density at radius 1 is 1.40 bits per heavy atom. The van der Waals surface area contributed by atoms with E-state index >= 15 is 0 Å². The van der Waals surface area contributed by atoms with E-state index in [-0.39, 0.29) is 41.8 Å². The number of ether oxygens (including phenoxy) is 1. The second-order valence-electron chi connectivity index (χ2n) is 6.51. The zero-order chi connectivity index (χ0) is 17.9. The molecule has 0 radical (unpaired) electrons. The topological polar surface area (TPSA) is 71.8 Å². The van der Waals surface area contributed by atoms with Crippen LogP contribution in [-0.2, 0) is 23.0 Å². The zero-order valence-corrected chi connectivity index (χ0v) is 18.3. The van der Waals surface area contributed by atoms with E-state index < -0.39 is 0 Å². The van der Waals surface area contributed by atoms with Gasteiger partial charge >= 0.3 is 5.97 Å². The van der Waals surface area contributed by atoms with Gasteiger partial charge < -0.3 is 15.0 Å². The molecule has 1 aliphatic rings. The Labute approximate surface area is 167 Å². The van der Waals surface area contributed by atoms with E-state index in [0.717, 1.165) is 31.2 Å². The molecule has 25 heavy (non-hydrogen) atoms. The minimum absolute atomic E-state index is 0. The van der Waals surface area contributed by atoms with Crippen molar-refractivity contribution in [2.75, 3.05) is 33.8 Å². The van der Waals surface area contributed by atoms with Crippen LogP contribution in [0.15, 0.2) is 4.99 Å². The second kappa shape index (κ2) is 9.40. The molecule has 0 spiro atoms. The maximum Gasteiger partial charge on any atom is 0.310 e. The molecule has 2 rings (SSSR count). The fraction of sp³-hybridized carbons (Fsp3) is 0.706. The van der Waals surface area contributed by atoms with Crippen molar-refractivity contribution in [2.45, 2.75) is 27.2 Å². The Kier molecular flexibility index (Phi) is 8.17. The van der Waals surface area contributed by atoms with Gasteiger partial charge in [0.25, 0.3) is 0 Å². The SMILES string of the molecule is CN=C(NCCc1c(C)nn(C)c1C)N1CC(C)C(C(=O)OC)C1.I. The molecule has 142 valence electrons. The van der Waals surface area contributed by atoms with Gasteiger partial charge in [-0.15, -0.1) is 24.0 Å². The van der Waals surface area contributed by atoms with Crippen LogP contribution in [0.25, 0.3) is 0 Å². The van der Waals surface area contributed by atoms with E-state index in [0.29, 0.717) is 6.54 Å². The number of esters is 1. The fourth-order valence-corrected chi connectivity index (χ4v) is 3.41. The average molecular weight is 463 g/mol. The molecule has 0 saturated carbocycles. The predicted molar refractivity (Wildman–Crippen MR) is 109 cm³/mol. The molecule has 2 unspecified atom stereocenters. The lowest BCUT2D eigenvalue weighted by molar-refractivity contribution is -0.145. The van der Waals surface area contributed by atoms with Crippen molar-refractivity contribution >= 4 is 35.9 Å². The molecule has 1 fully saturated rings. The zero-order valence-electron chi connectivity index (χ0n) is 16.0. The van der Waals surface area contributed by atoms with Gasteiger partial charge in [0.15, 0.2) is 5.96 Å². The molecular formula is C17H30IN5O2. The molecule has 0 aromatic carbocycles. The highest BCUT2D eigenvalue weighted by Gasteiger charge is 2.36. The number of methoxy groups -OCH3 is 1. The molecule has 7 nitrogen and oxygen atoms in total. The van der Waals surface area contributed by atoms with Crippen LogP contribution in [0.3, 0.4) is 0 Å². The molecule has 1 aliphatic heterocycles. The smallest absolute Gasteiger partial charge is 0.310 e.